The van der Waals surface area contributed by atoms with E-state index >= 15 is 0 Å². The third-order valence-corrected chi connectivity index (χ3v) is 4.86. The molecule has 0 unspecified atom stereocenters. The number of aryl methyl sites for hydroxylation is 2. The van der Waals surface area contributed by atoms with Crippen LogP contribution in [0.4, 0.5) is 0 Å². The molecule has 4 rings (SSSR count). The van der Waals surface area contributed by atoms with E-state index in [1.165, 1.54) is 0 Å². The van der Waals surface area contributed by atoms with Crippen LogP contribution in [0.5, 0.6) is 5.75 Å². The topological polar surface area (TPSA) is 26.3 Å². The second-order valence-electron chi connectivity index (χ2n) is 6.68. The Morgan fingerprint density at radius 1 is 0.704 bits per heavy atom. The van der Waals surface area contributed by atoms with E-state index in [2.05, 4.69) is 31.2 Å². The highest BCUT2D eigenvalue weighted by Gasteiger charge is 2.16. The number of esters is 1. The van der Waals surface area contributed by atoms with Crippen LogP contribution >= 0.6 is 0 Å². The Bertz CT molecular complexity index is 1140. The number of carbonyl (C=O) groups excluding carboxylic acids is 1. The van der Waals surface area contributed by atoms with Gasteiger partial charge in [0.2, 0.25) is 0 Å². The summed E-state index contributed by atoms with van der Waals surface area (Å²) in [4.78, 5) is 12.7. The van der Waals surface area contributed by atoms with E-state index in [9.17, 15) is 4.79 Å². The maximum Gasteiger partial charge on any atom is 0.343 e. The minimum absolute atomic E-state index is 0.335. The van der Waals surface area contributed by atoms with E-state index in [1.54, 1.807) is 6.07 Å². The quantitative estimate of drug-likeness (QED) is 0.317. The van der Waals surface area contributed by atoms with Gasteiger partial charge in [-0.05, 0) is 53.4 Å². The lowest BCUT2D eigenvalue weighted by Crippen LogP contribution is -2.10. The molecule has 0 aromatic heterocycles. The summed E-state index contributed by atoms with van der Waals surface area (Å²) in [7, 11) is 0. The van der Waals surface area contributed by atoms with Gasteiger partial charge in [0.05, 0.1) is 5.56 Å². The molecular formula is C25H20O2. The Balaban J connectivity index is 1.83. The van der Waals surface area contributed by atoms with Gasteiger partial charge in [0.25, 0.3) is 0 Å². The molecule has 0 amide bonds. The second kappa shape index (κ2) is 7.08. The summed E-state index contributed by atoms with van der Waals surface area (Å²) in [5, 5.41) is 2.31. The summed E-state index contributed by atoms with van der Waals surface area (Å²) in [6, 6.07) is 27.7. The fraction of sp³-hybridized carbons (Fsp3) is 0.0800. The number of para-hydroxylation sites is 1. The van der Waals surface area contributed by atoms with Crippen LogP contribution in [-0.2, 0) is 0 Å². The van der Waals surface area contributed by atoms with Crippen molar-refractivity contribution in [2.45, 2.75) is 13.8 Å². The van der Waals surface area contributed by atoms with E-state index in [0.717, 1.165) is 33.0 Å². The molecule has 132 valence electrons. The van der Waals surface area contributed by atoms with Crippen molar-refractivity contribution in [3.8, 4) is 16.9 Å². The standard InChI is InChI=1S/C25H20O2/c1-17-9-3-5-11-20(17)25(26)27-23-14-8-7-13-22(23)24-18(2)15-16-19-10-4-6-12-21(19)24/h3-16H,1-2H3. The predicted molar refractivity (Wildman–Crippen MR) is 110 cm³/mol. The molecule has 0 aliphatic carbocycles. The molecule has 0 radical (unpaired) electrons. The molecule has 2 nitrogen and oxygen atoms in total. The zero-order valence-corrected chi connectivity index (χ0v) is 15.4. The summed E-state index contributed by atoms with van der Waals surface area (Å²) >= 11 is 0. The molecule has 0 aliphatic rings. The van der Waals surface area contributed by atoms with E-state index < -0.39 is 0 Å². The fourth-order valence-corrected chi connectivity index (χ4v) is 3.46. The number of hydrogen-bond donors (Lipinski definition) is 0. The van der Waals surface area contributed by atoms with Crippen molar-refractivity contribution in [1.29, 1.82) is 0 Å². The van der Waals surface area contributed by atoms with Crippen LogP contribution in [0.3, 0.4) is 0 Å². The third-order valence-electron chi connectivity index (χ3n) is 4.86. The van der Waals surface area contributed by atoms with Crippen molar-refractivity contribution in [2.24, 2.45) is 0 Å². The zero-order chi connectivity index (χ0) is 18.8. The molecule has 0 bridgehead atoms. The van der Waals surface area contributed by atoms with Crippen molar-refractivity contribution in [2.75, 3.05) is 0 Å². The highest BCUT2D eigenvalue weighted by molar-refractivity contribution is 6.00. The molecule has 0 atom stereocenters. The molecule has 0 aliphatic heterocycles. The third kappa shape index (κ3) is 3.22. The van der Waals surface area contributed by atoms with Gasteiger partial charge in [0, 0.05) is 5.56 Å². The lowest BCUT2D eigenvalue weighted by atomic mass is 9.93. The maximum absolute atomic E-state index is 12.7. The minimum Gasteiger partial charge on any atom is -0.422 e. The highest BCUT2D eigenvalue weighted by atomic mass is 16.5. The van der Waals surface area contributed by atoms with Crippen molar-refractivity contribution < 1.29 is 9.53 Å². The first-order valence-electron chi connectivity index (χ1n) is 9.01. The Kier molecular flexibility index (Phi) is 4.47. The molecular weight excluding hydrogens is 332 g/mol. The molecule has 0 heterocycles. The Labute approximate surface area is 159 Å². The lowest BCUT2D eigenvalue weighted by molar-refractivity contribution is 0.0735. The molecule has 27 heavy (non-hydrogen) atoms. The molecule has 0 saturated carbocycles. The van der Waals surface area contributed by atoms with Crippen LogP contribution in [-0.4, -0.2) is 5.97 Å². The van der Waals surface area contributed by atoms with Gasteiger partial charge in [0.1, 0.15) is 5.75 Å². The molecule has 4 aromatic carbocycles. The van der Waals surface area contributed by atoms with Gasteiger partial charge in [-0.1, -0.05) is 72.8 Å². The first-order chi connectivity index (χ1) is 13.1. The fourth-order valence-electron chi connectivity index (χ4n) is 3.46. The van der Waals surface area contributed by atoms with Gasteiger partial charge >= 0.3 is 5.97 Å². The van der Waals surface area contributed by atoms with Gasteiger partial charge in [-0.3, -0.25) is 0 Å². The number of fused-ring (bicyclic) bond motifs is 1. The molecule has 0 saturated heterocycles. The van der Waals surface area contributed by atoms with Gasteiger partial charge in [-0.25, -0.2) is 4.79 Å². The average molecular weight is 352 g/mol. The van der Waals surface area contributed by atoms with Gasteiger partial charge in [0.15, 0.2) is 0 Å². The SMILES string of the molecule is Cc1ccccc1C(=O)Oc1ccccc1-c1c(C)ccc2ccccc12. The van der Waals surface area contributed by atoms with Crippen molar-refractivity contribution in [1.82, 2.24) is 0 Å². The number of benzene rings is 4. The van der Waals surface area contributed by atoms with Gasteiger partial charge < -0.3 is 4.74 Å². The Hall–Kier alpha value is -3.39. The zero-order valence-electron chi connectivity index (χ0n) is 15.4. The smallest absolute Gasteiger partial charge is 0.343 e. The monoisotopic (exact) mass is 352 g/mol. The molecule has 2 heteroatoms. The average Bonchev–Trinajstić information content (AvgIpc) is 2.69. The van der Waals surface area contributed by atoms with Crippen LogP contribution in [0.2, 0.25) is 0 Å². The number of hydrogen-bond acceptors (Lipinski definition) is 2. The molecule has 0 fully saturated rings. The summed E-state index contributed by atoms with van der Waals surface area (Å²) in [5.74, 6) is 0.239. The summed E-state index contributed by atoms with van der Waals surface area (Å²) in [5.41, 5.74) is 4.66. The molecule has 0 spiro atoms. The van der Waals surface area contributed by atoms with Crippen LogP contribution in [0, 0.1) is 13.8 Å². The Morgan fingerprint density at radius 2 is 1.41 bits per heavy atom. The second-order valence-corrected chi connectivity index (χ2v) is 6.68. The predicted octanol–water partition coefficient (Wildman–Crippen LogP) is 6.34. The van der Waals surface area contributed by atoms with Gasteiger partial charge in [-0.15, -0.1) is 0 Å². The summed E-state index contributed by atoms with van der Waals surface area (Å²) < 4.78 is 5.83. The minimum atomic E-state index is -0.335. The van der Waals surface area contributed by atoms with E-state index in [1.807, 2.05) is 61.5 Å². The largest absolute Gasteiger partial charge is 0.422 e. The van der Waals surface area contributed by atoms with E-state index in [-0.39, 0.29) is 5.97 Å². The first-order valence-corrected chi connectivity index (χ1v) is 9.01. The van der Waals surface area contributed by atoms with Gasteiger partial charge in [-0.2, -0.15) is 0 Å². The number of rotatable bonds is 3. The van der Waals surface area contributed by atoms with Crippen molar-refractivity contribution in [3.05, 3.63) is 102 Å². The maximum atomic E-state index is 12.7. The van der Waals surface area contributed by atoms with E-state index in [4.69, 9.17) is 4.74 Å². The number of ether oxygens (including phenoxy) is 1. The molecule has 4 aromatic rings. The van der Waals surface area contributed by atoms with Crippen LogP contribution in [0.15, 0.2) is 84.9 Å². The summed E-state index contributed by atoms with van der Waals surface area (Å²) in [6.07, 6.45) is 0. The van der Waals surface area contributed by atoms with Crippen LogP contribution in [0.1, 0.15) is 21.5 Å². The van der Waals surface area contributed by atoms with Crippen LogP contribution < -0.4 is 4.74 Å². The highest BCUT2D eigenvalue weighted by Crippen LogP contribution is 2.37. The van der Waals surface area contributed by atoms with Crippen molar-refractivity contribution >= 4 is 16.7 Å². The Morgan fingerprint density at radius 3 is 2.26 bits per heavy atom. The first kappa shape index (κ1) is 17.0. The molecule has 0 N–H and O–H groups in total. The van der Waals surface area contributed by atoms with Crippen LogP contribution in [0.25, 0.3) is 21.9 Å². The van der Waals surface area contributed by atoms with Crippen molar-refractivity contribution in [3.63, 3.8) is 0 Å². The lowest BCUT2D eigenvalue weighted by Gasteiger charge is -2.15. The van der Waals surface area contributed by atoms with E-state index in [0.29, 0.717) is 11.3 Å². The number of carbonyl (C=O) groups is 1. The summed E-state index contributed by atoms with van der Waals surface area (Å²) in [6.45, 7) is 4.00. The normalized spacial score (nSPS) is 10.7.